The second kappa shape index (κ2) is 4.35. The van der Waals surface area contributed by atoms with E-state index < -0.39 is 17.9 Å². The van der Waals surface area contributed by atoms with Crippen LogP contribution in [0.2, 0.25) is 0 Å². The van der Waals surface area contributed by atoms with Gasteiger partial charge in [0.2, 0.25) is 0 Å². The summed E-state index contributed by atoms with van der Waals surface area (Å²) in [6.07, 6.45) is 2.30. The number of imide groups is 1. The third-order valence-electron chi connectivity index (χ3n) is 2.28. The molecule has 0 spiro atoms. The maximum Gasteiger partial charge on any atom is 0.254 e. The van der Waals surface area contributed by atoms with Gasteiger partial charge in [-0.2, -0.15) is 0 Å². The number of carbonyl (C=O) groups is 3. The van der Waals surface area contributed by atoms with E-state index in [0.717, 1.165) is 17.1 Å². The van der Waals surface area contributed by atoms with Crippen LogP contribution in [0.5, 0.6) is 0 Å². The molecule has 2 amide bonds. The lowest BCUT2D eigenvalue weighted by atomic mass is 10.0. The number of nitrogens with zero attached hydrogens (tertiary/aromatic N) is 1. The number of carbonyl (C=O) groups excluding carboxylic acids is 3. The van der Waals surface area contributed by atoms with Crippen LogP contribution in [0.4, 0.5) is 0 Å². The van der Waals surface area contributed by atoms with E-state index in [-0.39, 0.29) is 18.2 Å². The van der Waals surface area contributed by atoms with Crippen LogP contribution >= 0.6 is 0 Å². The summed E-state index contributed by atoms with van der Waals surface area (Å²) in [6.45, 7) is 3.39. The molecular weight excluding hydrogens is 196 g/mol. The van der Waals surface area contributed by atoms with E-state index in [4.69, 9.17) is 5.73 Å². The largest absolute Gasteiger partial charge is 0.328 e. The molecule has 0 radical (unpaired) electrons. The number of ketones is 1. The summed E-state index contributed by atoms with van der Waals surface area (Å²) in [5, 5.41) is 0. The molecule has 2 N–H and O–H groups in total. The average Bonchev–Trinajstić information content (AvgIpc) is 2.50. The molecule has 0 aliphatic carbocycles. The number of nitrogens with two attached hydrogens (primary N) is 1. The predicted molar refractivity (Wildman–Crippen MR) is 53.7 cm³/mol. The number of hydrogen-bond acceptors (Lipinski definition) is 4. The minimum Gasteiger partial charge on any atom is -0.328 e. The van der Waals surface area contributed by atoms with Gasteiger partial charge in [0.05, 0.1) is 0 Å². The first-order valence-corrected chi connectivity index (χ1v) is 4.78. The summed E-state index contributed by atoms with van der Waals surface area (Å²) in [5.74, 6) is -1.38. The molecule has 1 aliphatic heterocycles. The Balaban J connectivity index is 2.89. The first kappa shape index (κ1) is 11.6. The Labute approximate surface area is 87.9 Å². The zero-order chi connectivity index (χ0) is 11.6. The molecule has 0 fully saturated rings. The van der Waals surface area contributed by atoms with Crippen LogP contribution in [0.1, 0.15) is 13.8 Å². The molecule has 0 saturated heterocycles. The van der Waals surface area contributed by atoms with Crippen molar-refractivity contribution in [3.05, 3.63) is 12.2 Å². The molecule has 1 heterocycles. The Morgan fingerprint density at radius 3 is 2.13 bits per heavy atom. The Morgan fingerprint density at radius 1 is 1.33 bits per heavy atom. The number of hydrogen-bond donors (Lipinski definition) is 1. The SMILES string of the molecule is CC(C)C(=O)C(CN)N1C(=O)C=CC1=O. The third kappa shape index (κ3) is 2.12. The van der Waals surface area contributed by atoms with Crippen molar-refractivity contribution in [2.24, 2.45) is 11.7 Å². The number of Topliss-reactive ketones (excluding diaryl/α,β-unsaturated/α-hetero) is 1. The van der Waals surface area contributed by atoms with Crippen molar-refractivity contribution >= 4 is 17.6 Å². The topological polar surface area (TPSA) is 80.5 Å². The van der Waals surface area contributed by atoms with Gasteiger partial charge in [-0.3, -0.25) is 19.3 Å². The Kier molecular flexibility index (Phi) is 3.36. The van der Waals surface area contributed by atoms with E-state index in [9.17, 15) is 14.4 Å². The molecule has 0 aromatic rings. The van der Waals surface area contributed by atoms with Crippen molar-refractivity contribution in [2.45, 2.75) is 19.9 Å². The van der Waals surface area contributed by atoms with Gasteiger partial charge in [-0.15, -0.1) is 0 Å². The van der Waals surface area contributed by atoms with E-state index in [2.05, 4.69) is 0 Å². The van der Waals surface area contributed by atoms with Crippen LogP contribution in [0.15, 0.2) is 12.2 Å². The van der Waals surface area contributed by atoms with Gasteiger partial charge in [0.15, 0.2) is 5.78 Å². The quantitative estimate of drug-likeness (QED) is 0.632. The van der Waals surface area contributed by atoms with Gasteiger partial charge in [-0.25, -0.2) is 0 Å². The summed E-state index contributed by atoms with van der Waals surface area (Å²) < 4.78 is 0. The second-order valence-corrected chi connectivity index (χ2v) is 3.69. The number of rotatable bonds is 4. The predicted octanol–water partition coefficient (Wildman–Crippen LogP) is -0.536. The van der Waals surface area contributed by atoms with Gasteiger partial charge in [-0.05, 0) is 0 Å². The van der Waals surface area contributed by atoms with Gasteiger partial charge >= 0.3 is 0 Å². The van der Waals surface area contributed by atoms with Crippen molar-refractivity contribution in [1.29, 1.82) is 0 Å². The van der Waals surface area contributed by atoms with E-state index >= 15 is 0 Å². The van der Waals surface area contributed by atoms with Crippen molar-refractivity contribution in [2.75, 3.05) is 6.54 Å². The van der Waals surface area contributed by atoms with Crippen molar-refractivity contribution < 1.29 is 14.4 Å². The van der Waals surface area contributed by atoms with Crippen LogP contribution in [0, 0.1) is 5.92 Å². The molecule has 5 nitrogen and oxygen atoms in total. The standard InChI is InChI=1S/C10H14N2O3/c1-6(2)10(15)7(5-11)12-8(13)3-4-9(12)14/h3-4,6-7H,5,11H2,1-2H3. The Morgan fingerprint density at radius 2 is 1.80 bits per heavy atom. The molecule has 82 valence electrons. The van der Waals surface area contributed by atoms with Crippen LogP contribution in [-0.4, -0.2) is 35.1 Å². The maximum atomic E-state index is 11.7. The smallest absolute Gasteiger partial charge is 0.254 e. The fraction of sp³-hybridized carbons (Fsp3) is 0.500. The molecule has 1 rings (SSSR count). The van der Waals surface area contributed by atoms with Crippen molar-refractivity contribution in [1.82, 2.24) is 4.90 Å². The normalized spacial score (nSPS) is 17.7. The molecule has 1 aliphatic rings. The summed E-state index contributed by atoms with van der Waals surface area (Å²) in [5.41, 5.74) is 5.42. The van der Waals surface area contributed by atoms with Gasteiger partial charge in [0.25, 0.3) is 11.8 Å². The van der Waals surface area contributed by atoms with E-state index in [1.165, 1.54) is 0 Å². The van der Waals surface area contributed by atoms with Gasteiger partial charge in [0, 0.05) is 24.6 Å². The fourth-order valence-corrected chi connectivity index (χ4v) is 1.45. The maximum absolute atomic E-state index is 11.7. The zero-order valence-corrected chi connectivity index (χ0v) is 8.77. The third-order valence-corrected chi connectivity index (χ3v) is 2.28. The Bertz CT molecular complexity index is 316. The van der Waals surface area contributed by atoms with Crippen LogP contribution < -0.4 is 5.73 Å². The fourth-order valence-electron chi connectivity index (χ4n) is 1.45. The summed E-state index contributed by atoms with van der Waals surface area (Å²) in [4.78, 5) is 35.3. The molecule has 0 bridgehead atoms. The molecule has 1 atom stereocenters. The zero-order valence-electron chi connectivity index (χ0n) is 8.77. The van der Waals surface area contributed by atoms with Crippen LogP contribution in [-0.2, 0) is 14.4 Å². The molecule has 1 unspecified atom stereocenters. The highest BCUT2D eigenvalue weighted by atomic mass is 16.2. The average molecular weight is 210 g/mol. The highest BCUT2D eigenvalue weighted by Crippen LogP contribution is 2.12. The van der Waals surface area contributed by atoms with Crippen LogP contribution in [0.3, 0.4) is 0 Å². The Hall–Kier alpha value is -1.49. The molecular formula is C10H14N2O3. The minimum atomic E-state index is -0.833. The molecule has 0 saturated carbocycles. The van der Waals surface area contributed by atoms with E-state index in [1.807, 2.05) is 0 Å². The van der Waals surface area contributed by atoms with Gasteiger partial charge in [-0.1, -0.05) is 13.8 Å². The lowest BCUT2D eigenvalue weighted by Crippen LogP contribution is -2.50. The molecule has 0 aromatic carbocycles. The minimum absolute atomic E-state index is 0.0316. The highest BCUT2D eigenvalue weighted by molar-refractivity contribution is 6.15. The lowest BCUT2D eigenvalue weighted by molar-refractivity contribution is -0.145. The summed E-state index contributed by atoms with van der Waals surface area (Å²) in [6, 6.07) is -0.833. The van der Waals surface area contributed by atoms with E-state index in [0.29, 0.717) is 0 Å². The molecule has 15 heavy (non-hydrogen) atoms. The van der Waals surface area contributed by atoms with Gasteiger partial charge in [0.1, 0.15) is 6.04 Å². The summed E-state index contributed by atoms with van der Waals surface area (Å²) >= 11 is 0. The second-order valence-electron chi connectivity index (χ2n) is 3.69. The lowest BCUT2D eigenvalue weighted by Gasteiger charge is -2.24. The first-order chi connectivity index (χ1) is 6.99. The highest BCUT2D eigenvalue weighted by Gasteiger charge is 2.35. The monoisotopic (exact) mass is 210 g/mol. The van der Waals surface area contributed by atoms with Gasteiger partial charge < -0.3 is 5.73 Å². The first-order valence-electron chi connectivity index (χ1n) is 4.78. The van der Waals surface area contributed by atoms with E-state index in [1.54, 1.807) is 13.8 Å². The molecule has 0 aromatic heterocycles. The summed E-state index contributed by atoms with van der Waals surface area (Å²) in [7, 11) is 0. The van der Waals surface area contributed by atoms with Crippen molar-refractivity contribution in [3.8, 4) is 0 Å². The number of amides is 2. The molecule has 5 heteroatoms. The van der Waals surface area contributed by atoms with Crippen molar-refractivity contribution in [3.63, 3.8) is 0 Å². The van der Waals surface area contributed by atoms with Crippen LogP contribution in [0.25, 0.3) is 0 Å².